The summed E-state index contributed by atoms with van der Waals surface area (Å²) in [6.45, 7) is 0.877. The predicted octanol–water partition coefficient (Wildman–Crippen LogP) is 4.32. The van der Waals surface area contributed by atoms with Gasteiger partial charge < -0.3 is 10.1 Å². The number of rotatable bonds is 5. The molecule has 3 fully saturated rings. The van der Waals surface area contributed by atoms with E-state index < -0.39 is 0 Å². The lowest BCUT2D eigenvalue weighted by molar-refractivity contribution is 0.0257. The lowest BCUT2D eigenvalue weighted by Gasteiger charge is -2.53. The van der Waals surface area contributed by atoms with Crippen molar-refractivity contribution in [2.24, 2.45) is 10.5 Å². The maximum Gasteiger partial charge on any atom is 0.407 e. The number of benzene rings is 1. The first kappa shape index (κ1) is 15.7. The third-order valence-electron chi connectivity index (χ3n) is 5.45. The van der Waals surface area contributed by atoms with Gasteiger partial charge in [0.1, 0.15) is 6.61 Å². The zero-order chi connectivity index (χ0) is 16.2. The number of ether oxygens (including phenoxy) is 1. The van der Waals surface area contributed by atoms with Crippen LogP contribution in [0.4, 0.5) is 4.79 Å². The molecule has 3 aliphatic carbocycles. The monoisotopic (exact) mass is 314 g/mol. The van der Waals surface area contributed by atoms with Gasteiger partial charge in [-0.15, -0.1) is 0 Å². The molecule has 0 unspecified atom stereocenters. The summed E-state index contributed by atoms with van der Waals surface area (Å²) in [6, 6.07) is 9.69. The Kier molecular flexibility index (Phi) is 4.44. The normalized spacial score (nSPS) is 28.7. The molecule has 1 amide bonds. The Labute approximate surface area is 135 Å². The number of hydrogen-bond donors (Lipinski definition) is 1. The standard InChI is InChI=1S/C17H22N4O2/c18-21-19-13-16-6-9-17(10-7-16,11-8-16)20-15(22)23-12-14-4-2-1-3-5-14/h1-5H,6-13H2,(H,20,22). The van der Waals surface area contributed by atoms with Crippen molar-refractivity contribution in [1.82, 2.24) is 5.32 Å². The number of hydrogen-bond acceptors (Lipinski definition) is 3. The van der Waals surface area contributed by atoms with Crippen LogP contribution in [0.1, 0.15) is 44.1 Å². The van der Waals surface area contributed by atoms with E-state index in [1.165, 1.54) is 0 Å². The number of nitrogens with zero attached hydrogens (tertiary/aromatic N) is 3. The lowest BCUT2D eigenvalue weighted by Crippen LogP contribution is -2.57. The highest BCUT2D eigenvalue weighted by molar-refractivity contribution is 5.68. The SMILES string of the molecule is [N-]=[N+]=NCC12CCC(NC(=O)OCc3ccccc3)(CC1)CC2. The van der Waals surface area contributed by atoms with E-state index in [1.807, 2.05) is 30.3 Å². The zero-order valence-corrected chi connectivity index (χ0v) is 13.2. The van der Waals surface area contributed by atoms with E-state index in [9.17, 15) is 4.79 Å². The van der Waals surface area contributed by atoms with Crippen LogP contribution in [0.3, 0.4) is 0 Å². The highest BCUT2D eigenvalue weighted by Gasteiger charge is 2.49. The summed E-state index contributed by atoms with van der Waals surface area (Å²) >= 11 is 0. The summed E-state index contributed by atoms with van der Waals surface area (Å²) in [4.78, 5) is 15.0. The molecule has 2 bridgehead atoms. The minimum Gasteiger partial charge on any atom is -0.445 e. The Bertz CT molecular complexity index is 586. The minimum absolute atomic E-state index is 0.133. The molecule has 6 nitrogen and oxygen atoms in total. The molecule has 1 aromatic rings. The average molecular weight is 314 g/mol. The second kappa shape index (κ2) is 6.50. The Morgan fingerprint density at radius 1 is 1.17 bits per heavy atom. The van der Waals surface area contributed by atoms with E-state index in [0.29, 0.717) is 13.2 Å². The number of alkyl carbamates (subject to hydrolysis) is 1. The van der Waals surface area contributed by atoms with E-state index in [0.717, 1.165) is 44.1 Å². The molecule has 1 N–H and O–H groups in total. The van der Waals surface area contributed by atoms with Crippen LogP contribution in [0, 0.1) is 5.41 Å². The number of carbonyl (C=O) groups is 1. The van der Waals surface area contributed by atoms with Gasteiger partial charge in [0.05, 0.1) is 0 Å². The van der Waals surface area contributed by atoms with Crippen LogP contribution in [0.5, 0.6) is 0 Å². The maximum atomic E-state index is 12.1. The fourth-order valence-corrected chi connectivity index (χ4v) is 3.85. The molecule has 0 spiro atoms. The van der Waals surface area contributed by atoms with Crippen molar-refractivity contribution in [2.45, 2.75) is 50.7 Å². The van der Waals surface area contributed by atoms with Crippen molar-refractivity contribution in [3.05, 3.63) is 46.3 Å². The molecule has 0 radical (unpaired) electrons. The van der Waals surface area contributed by atoms with Crippen molar-refractivity contribution < 1.29 is 9.53 Å². The molecule has 1 aromatic carbocycles. The number of azide groups is 1. The molecular formula is C17H22N4O2. The fourth-order valence-electron chi connectivity index (χ4n) is 3.85. The summed E-state index contributed by atoms with van der Waals surface area (Å²) in [5.41, 5.74) is 9.54. The van der Waals surface area contributed by atoms with Crippen LogP contribution in [0.25, 0.3) is 10.4 Å². The number of fused-ring (bicyclic) bond motifs is 3. The highest BCUT2D eigenvalue weighted by atomic mass is 16.5. The molecule has 122 valence electrons. The van der Waals surface area contributed by atoms with Crippen LogP contribution in [0.15, 0.2) is 35.4 Å². The molecular weight excluding hydrogens is 292 g/mol. The molecule has 0 aliphatic heterocycles. The Balaban J connectivity index is 1.51. The van der Waals surface area contributed by atoms with E-state index in [2.05, 4.69) is 15.3 Å². The number of nitrogens with one attached hydrogen (secondary N) is 1. The first-order valence-corrected chi connectivity index (χ1v) is 8.15. The van der Waals surface area contributed by atoms with Gasteiger partial charge in [-0.1, -0.05) is 35.4 Å². The van der Waals surface area contributed by atoms with Crippen molar-refractivity contribution in [1.29, 1.82) is 0 Å². The van der Waals surface area contributed by atoms with Gasteiger partial charge in [-0.25, -0.2) is 4.79 Å². The molecule has 0 saturated heterocycles. The molecule has 0 atom stereocenters. The van der Waals surface area contributed by atoms with E-state index in [4.69, 9.17) is 10.3 Å². The first-order chi connectivity index (χ1) is 11.2. The summed E-state index contributed by atoms with van der Waals surface area (Å²) in [5.74, 6) is 0. The quantitative estimate of drug-likeness (QED) is 0.498. The van der Waals surface area contributed by atoms with Gasteiger partial charge >= 0.3 is 6.09 Å². The van der Waals surface area contributed by atoms with Crippen molar-refractivity contribution in [2.75, 3.05) is 6.54 Å². The summed E-state index contributed by atoms with van der Waals surface area (Å²) in [5, 5.41) is 6.88. The third kappa shape index (κ3) is 3.59. The fraction of sp³-hybridized carbons (Fsp3) is 0.588. The lowest BCUT2D eigenvalue weighted by atomic mass is 9.57. The van der Waals surface area contributed by atoms with Gasteiger partial charge in [0.15, 0.2) is 0 Å². The second-order valence-electron chi connectivity index (χ2n) is 6.86. The van der Waals surface area contributed by atoms with Gasteiger partial charge in [-0.2, -0.15) is 0 Å². The van der Waals surface area contributed by atoms with Crippen LogP contribution in [0.2, 0.25) is 0 Å². The Morgan fingerprint density at radius 3 is 2.43 bits per heavy atom. The molecule has 23 heavy (non-hydrogen) atoms. The van der Waals surface area contributed by atoms with Crippen LogP contribution >= 0.6 is 0 Å². The average Bonchev–Trinajstić information content (AvgIpc) is 2.61. The molecule has 3 aliphatic rings. The molecule has 3 saturated carbocycles. The van der Waals surface area contributed by atoms with Crippen LogP contribution in [-0.4, -0.2) is 18.2 Å². The minimum atomic E-state index is -0.335. The van der Waals surface area contributed by atoms with E-state index >= 15 is 0 Å². The number of carbonyl (C=O) groups excluding carboxylic acids is 1. The van der Waals surface area contributed by atoms with Crippen molar-refractivity contribution in [3.8, 4) is 0 Å². The largest absolute Gasteiger partial charge is 0.445 e. The van der Waals surface area contributed by atoms with Crippen molar-refractivity contribution >= 4 is 6.09 Å². The smallest absolute Gasteiger partial charge is 0.407 e. The van der Waals surface area contributed by atoms with Gasteiger partial charge in [-0.05, 0) is 55.0 Å². The summed E-state index contributed by atoms with van der Waals surface area (Å²) in [7, 11) is 0. The Morgan fingerprint density at radius 2 is 1.83 bits per heavy atom. The molecule has 6 heteroatoms. The molecule has 0 aromatic heterocycles. The second-order valence-corrected chi connectivity index (χ2v) is 6.86. The van der Waals surface area contributed by atoms with Gasteiger partial charge in [0, 0.05) is 17.0 Å². The van der Waals surface area contributed by atoms with E-state index in [-0.39, 0.29) is 17.0 Å². The zero-order valence-electron chi connectivity index (χ0n) is 13.2. The van der Waals surface area contributed by atoms with Gasteiger partial charge in [-0.3, -0.25) is 0 Å². The van der Waals surface area contributed by atoms with E-state index in [1.54, 1.807) is 0 Å². The number of amides is 1. The van der Waals surface area contributed by atoms with Gasteiger partial charge in [0.25, 0.3) is 0 Å². The predicted molar refractivity (Wildman–Crippen MR) is 86.6 cm³/mol. The first-order valence-electron chi connectivity index (χ1n) is 8.15. The third-order valence-corrected chi connectivity index (χ3v) is 5.45. The van der Waals surface area contributed by atoms with Crippen molar-refractivity contribution in [3.63, 3.8) is 0 Å². The van der Waals surface area contributed by atoms with Gasteiger partial charge in [0.2, 0.25) is 0 Å². The highest BCUT2D eigenvalue weighted by Crippen LogP contribution is 2.52. The molecule has 0 heterocycles. The summed E-state index contributed by atoms with van der Waals surface area (Å²) < 4.78 is 5.35. The topological polar surface area (TPSA) is 87.1 Å². The summed E-state index contributed by atoms with van der Waals surface area (Å²) in [6.07, 6.45) is 5.50. The Hall–Kier alpha value is -2.20. The van der Waals surface area contributed by atoms with Crippen LogP contribution in [-0.2, 0) is 11.3 Å². The maximum absolute atomic E-state index is 12.1. The van der Waals surface area contributed by atoms with Crippen LogP contribution < -0.4 is 5.32 Å². The molecule has 4 rings (SSSR count).